The topological polar surface area (TPSA) is 72.9 Å². The number of carbonyl (C=O) groups excluding carboxylic acids is 1. The zero-order chi connectivity index (χ0) is 14.8. The molecule has 6 nitrogen and oxygen atoms in total. The number of nitrogens with one attached hydrogen (secondary N) is 1. The highest BCUT2D eigenvalue weighted by Crippen LogP contribution is 2.22. The van der Waals surface area contributed by atoms with Crippen LogP contribution >= 0.6 is 12.4 Å². The summed E-state index contributed by atoms with van der Waals surface area (Å²) in [6, 6.07) is 8.59. The van der Waals surface area contributed by atoms with Crippen molar-refractivity contribution >= 4 is 24.4 Å². The van der Waals surface area contributed by atoms with Crippen molar-refractivity contribution in [3.8, 4) is 0 Å². The van der Waals surface area contributed by atoms with Crippen molar-refractivity contribution in [2.24, 2.45) is 0 Å². The normalized spacial score (nSPS) is 22.0. The molecule has 2 saturated heterocycles. The Balaban J connectivity index is 0.00000176. The van der Waals surface area contributed by atoms with Crippen LogP contribution in [0, 0.1) is 0 Å². The Bertz CT molecular complexity index is 540. The van der Waals surface area contributed by atoms with E-state index in [0.717, 1.165) is 18.7 Å². The fourth-order valence-corrected chi connectivity index (χ4v) is 3.07. The van der Waals surface area contributed by atoms with E-state index in [-0.39, 0.29) is 24.5 Å². The fraction of sp³-hybridized carbons (Fsp3) is 0.467. The summed E-state index contributed by atoms with van der Waals surface area (Å²) in [7, 11) is 0. The van der Waals surface area contributed by atoms with E-state index in [1.54, 1.807) is 4.90 Å². The lowest BCUT2D eigenvalue weighted by atomic mass is 10.0. The number of carbonyl (C=O) groups is 2. The monoisotopic (exact) mass is 325 g/mol. The number of piperazine rings is 1. The zero-order valence-electron chi connectivity index (χ0n) is 12.1. The Morgan fingerprint density at radius 2 is 2.09 bits per heavy atom. The predicted molar refractivity (Wildman–Crippen MR) is 84.3 cm³/mol. The first-order valence-electron chi connectivity index (χ1n) is 7.21. The Labute approximate surface area is 135 Å². The van der Waals surface area contributed by atoms with Crippen LogP contribution in [-0.2, 0) is 11.2 Å². The Morgan fingerprint density at radius 1 is 1.36 bits per heavy atom. The van der Waals surface area contributed by atoms with Gasteiger partial charge in [-0.25, -0.2) is 9.59 Å². The molecule has 0 saturated carbocycles. The van der Waals surface area contributed by atoms with Crippen LogP contribution in [0.4, 0.5) is 4.79 Å². The summed E-state index contributed by atoms with van der Waals surface area (Å²) in [5.41, 5.74) is 0.931. The van der Waals surface area contributed by atoms with Crippen molar-refractivity contribution in [3.63, 3.8) is 0 Å². The van der Waals surface area contributed by atoms with Gasteiger partial charge in [-0.15, -0.1) is 12.4 Å². The Kier molecular flexibility index (Phi) is 5.26. The molecule has 3 rings (SSSR count). The van der Waals surface area contributed by atoms with Crippen LogP contribution in [0.3, 0.4) is 0 Å². The van der Waals surface area contributed by atoms with Gasteiger partial charge in [0.1, 0.15) is 6.04 Å². The molecule has 22 heavy (non-hydrogen) atoms. The summed E-state index contributed by atoms with van der Waals surface area (Å²) in [6.07, 6.45) is 0.343. The van der Waals surface area contributed by atoms with Crippen molar-refractivity contribution < 1.29 is 14.7 Å². The van der Waals surface area contributed by atoms with Gasteiger partial charge >= 0.3 is 12.0 Å². The standard InChI is InChI=1S/C15H19N3O3.ClH/c19-14(20)13(8-11-4-2-1-3-5-11)18-10-12-9-16-6-7-17(12)15(18)21;/h1-5,12-13,16H,6-10H2,(H,19,20);1H/t12?,13-;/m1./s1. The van der Waals surface area contributed by atoms with E-state index in [1.165, 1.54) is 4.90 Å². The Hall–Kier alpha value is -1.79. The molecule has 2 heterocycles. The predicted octanol–water partition coefficient (Wildman–Crippen LogP) is 0.813. The SMILES string of the molecule is Cl.O=C(O)[C@@H](Cc1ccccc1)N1CC2CNCCN2C1=O. The number of amides is 2. The number of carboxylic acid groups (broad SMARTS) is 1. The summed E-state index contributed by atoms with van der Waals surface area (Å²) in [4.78, 5) is 27.3. The molecule has 0 spiro atoms. The van der Waals surface area contributed by atoms with Crippen LogP contribution in [0.25, 0.3) is 0 Å². The molecule has 7 heteroatoms. The number of rotatable bonds is 4. The number of carboxylic acids is 1. The third kappa shape index (κ3) is 3.18. The second-order valence-electron chi connectivity index (χ2n) is 5.53. The van der Waals surface area contributed by atoms with Crippen molar-refractivity contribution in [1.29, 1.82) is 0 Å². The van der Waals surface area contributed by atoms with Crippen LogP contribution in [0.5, 0.6) is 0 Å². The molecule has 0 aromatic heterocycles. The summed E-state index contributed by atoms with van der Waals surface area (Å²) in [6.45, 7) is 2.64. The first kappa shape index (κ1) is 16.6. The van der Waals surface area contributed by atoms with Gasteiger partial charge in [0.05, 0.1) is 6.04 Å². The molecule has 1 unspecified atom stereocenters. The molecule has 1 aromatic rings. The van der Waals surface area contributed by atoms with Crippen molar-refractivity contribution in [2.75, 3.05) is 26.2 Å². The number of hydrogen-bond acceptors (Lipinski definition) is 3. The maximum Gasteiger partial charge on any atom is 0.326 e. The lowest BCUT2D eigenvalue weighted by Crippen LogP contribution is -2.50. The summed E-state index contributed by atoms with van der Waals surface area (Å²) in [5, 5.41) is 12.8. The van der Waals surface area contributed by atoms with Gasteiger partial charge in [0.2, 0.25) is 0 Å². The average molecular weight is 326 g/mol. The zero-order valence-corrected chi connectivity index (χ0v) is 13.0. The van der Waals surface area contributed by atoms with Gasteiger partial charge in [-0.3, -0.25) is 0 Å². The third-order valence-corrected chi connectivity index (χ3v) is 4.18. The largest absolute Gasteiger partial charge is 0.480 e. The first-order valence-corrected chi connectivity index (χ1v) is 7.21. The first-order chi connectivity index (χ1) is 10.2. The number of hydrogen-bond donors (Lipinski definition) is 2. The fourth-order valence-electron chi connectivity index (χ4n) is 3.07. The molecule has 0 aliphatic carbocycles. The minimum Gasteiger partial charge on any atom is -0.480 e. The highest BCUT2D eigenvalue weighted by Gasteiger charge is 2.43. The van der Waals surface area contributed by atoms with Gasteiger partial charge in [0.25, 0.3) is 0 Å². The minimum atomic E-state index is -0.944. The van der Waals surface area contributed by atoms with E-state index in [9.17, 15) is 14.7 Å². The maximum atomic E-state index is 12.4. The number of aliphatic carboxylic acids is 1. The van der Waals surface area contributed by atoms with E-state index in [4.69, 9.17) is 0 Å². The third-order valence-electron chi connectivity index (χ3n) is 4.18. The second-order valence-corrected chi connectivity index (χ2v) is 5.53. The van der Waals surface area contributed by atoms with Gasteiger partial charge in [-0.2, -0.15) is 0 Å². The van der Waals surface area contributed by atoms with Gasteiger partial charge < -0.3 is 20.2 Å². The summed E-state index contributed by atoms with van der Waals surface area (Å²) < 4.78 is 0. The average Bonchev–Trinajstić information content (AvgIpc) is 2.83. The lowest BCUT2D eigenvalue weighted by Gasteiger charge is -2.28. The van der Waals surface area contributed by atoms with Gasteiger partial charge in [-0.05, 0) is 5.56 Å². The molecule has 2 atom stereocenters. The van der Waals surface area contributed by atoms with Gasteiger partial charge in [-0.1, -0.05) is 30.3 Å². The molecule has 2 fully saturated rings. The molecule has 1 aromatic carbocycles. The molecule has 2 aliphatic rings. The number of nitrogens with zero attached hydrogens (tertiary/aromatic N) is 2. The molecular weight excluding hydrogens is 306 g/mol. The minimum absolute atomic E-state index is 0. The number of fused-ring (bicyclic) bond motifs is 1. The molecule has 0 radical (unpaired) electrons. The molecule has 2 N–H and O–H groups in total. The molecule has 2 amide bonds. The van der Waals surface area contributed by atoms with Gasteiger partial charge in [0.15, 0.2) is 0 Å². The smallest absolute Gasteiger partial charge is 0.326 e. The van der Waals surface area contributed by atoms with Crippen molar-refractivity contribution in [1.82, 2.24) is 15.1 Å². The van der Waals surface area contributed by atoms with E-state index in [0.29, 0.717) is 19.5 Å². The van der Waals surface area contributed by atoms with Gasteiger partial charge in [0, 0.05) is 32.6 Å². The van der Waals surface area contributed by atoms with Crippen LogP contribution in [0.15, 0.2) is 30.3 Å². The number of benzene rings is 1. The number of halogens is 1. The van der Waals surface area contributed by atoms with E-state index in [1.807, 2.05) is 30.3 Å². The summed E-state index contributed by atoms with van der Waals surface area (Å²) >= 11 is 0. The number of urea groups is 1. The molecule has 0 bridgehead atoms. The van der Waals surface area contributed by atoms with E-state index >= 15 is 0 Å². The van der Waals surface area contributed by atoms with Crippen LogP contribution in [0.1, 0.15) is 5.56 Å². The highest BCUT2D eigenvalue weighted by molar-refractivity contribution is 5.85. The maximum absolute atomic E-state index is 12.4. The van der Waals surface area contributed by atoms with E-state index < -0.39 is 12.0 Å². The molecular formula is C15H20ClN3O3. The van der Waals surface area contributed by atoms with Crippen molar-refractivity contribution in [3.05, 3.63) is 35.9 Å². The highest BCUT2D eigenvalue weighted by atomic mass is 35.5. The Morgan fingerprint density at radius 3 is 2.73 bits per heavy atom. The molecule has 2 aliphatic heterocycles. The second kappa shape index (κ2) is 6.98. The van der Waals surface area contributed by atoms with E-state index in [2.05, 4.69) is 5.32 Å². The quantitative estimate of drug-likeness (QED) is 0.859. The van der Waals surface area contributed by atoms with Crippen LogP contribution in [-0.4, -0.2) is 65.2 Å². The summed E-state index contributed by atoms with van der Waals surface area (Å²) in [5.74, 6) is -0.944. The van der Waals surface area contributed by atoms with Crippen molar-refractivity contribution in [2.45, 2.75) is 18.5 Å². The van der Waals surface area contributed by atoms with Crippen LogP contribution in [0.2, 0.25) is 0 Å². The lowest BCUT2D eigenvalue weighted by molar-refractivity contribution is -0.141. The molecule has 120 valence electrons. The van der Waals surface area contributed by atoms with Crippen LogP contribution < -0.4 is 5.32 Å².